The molecule has 0 aliphatic carbocycles. The lowest BCUT2D eigenvalue weighted by Gasteiger charge is -2.13. The zero-order valence-electron chi connectivity index (χ0n) is 9.67. The molecule has 0 saturated carbocycles. The molecule has 16 heavy (non-hydrogen) atoms. The molecule has 1 N–H and O–H groups in total. The monoisotopic (exact) mass is 261 g/mol. The van der Waals surface area contributed by atoms with Gasteiger partial charge < -0.3 is 14.8 Å². The van der Waals surface area contributed by atoms with Gasteiger partial charge in [0.2, 0.25) is 0 Å². The maximum absolute atomic E-state index is 6.00. The summed E-state index contributed by atoms with van der Waals surface area (Å²) in [6.45, 7) is 0.877. The highest BCUT2D eigenvalue weighted by Gasteiger charge is 2.09. The van der Waals surface area contributed by atoms with Crippen molar-refractivity contribution in [3.05, 3.63) is 17.2 Å². The highest BCUT2D eigenvalue weighted by atomic mass is 35.5. The molecule has 0 bridgehead atoms. The van der Waals surface area contributed by atoms with Gasteiger partial charge in [0.15, 0.2) is 0 Å². The number of hydrogen-bond acceptors (Lipinski definition) is 4. The summed E-state index contributed by atoms with van der Waals surface area (Å²) in [5, 5.41) is 3.83. The molecular formula is C11H16ClNO2S. The van der Waals surface area contributed by atoms with E-state index < -0.39 is 0 Å². The Hall–Kier alpha value is -0.740. The number of hydrogen-bond donors (Lipinski definition) is 1. The number of benzene rings is 1. The second-order valence-corrected chi connectivity index (χ2v) is 4.50. The fraction of sp³-hybridized carbons (Fsp3) is 0.455. The van der Waals surface area contributed by atoms with Crippen LogP contribution in [0.3, 0.4) is 0 Å². The summed E-state index contributed by atoms with van der Waals surface area (Å²) in [6.07, 6.45) is 2.07. The zero-order chi connectivity index (χ0) is 12.0. The summed E-state index contributed by atoms with van der Waals surface area (Å²) >= 11 is 7.79. The maximum Gasteiger partial charge on any atom is 0.143 e. The Morgan fingerprint density at radius 1 is 1.25 bits per heavy atom. The summed E-state index contributed by atoms with van der Waals surface area (Å²) in [5.41, 5.74) is 0.901. The van der Waals surface area contributed by atoms with Crippen LogP contribution in [0.15, 0.2) is 12.1 Å². The van der Waals surface area contributed by atoms with Crippen molar-refractivity contribution < 1.29 is 9.47 Å². The third-order valence-corrected chi connectivity index (χ3v) is 3.00. The Morgan fingerprint density at radius 2 is 1.94 bits per heavy atom. The summed E-state index contributed by atoms with van der Waals surface area (Å²) < 4.78 is 10.4. The van der Waals surface area contributed by atoms with Gasteiger partial charge >= 0.3 is 0 Å². The van der Waals surface area contributed by atoms with Crippen LogP contribution in [0.2, 0.25) is 5.02 Å². The van der Waals surface area contributed by atoms with Crippen LogP contribution in [0.1, 0.15) is 0 Å². The minimum atomic E-state index is 0.551. The van der Waals surface area contributed by atoms with E-state index in [2.05, 4.69) is 11.6 Å². The molecule has 0 fully saturated rings. The minimum absolute atomic E-state index is 0.551. The molecule has 5 heteroatoms. The van der Waals surface area contributed by atoms with Crippen LogP contribution in [0, 0.1) is 0 Å². The second kappa shape index (κ2) is 6.76. The molecular weight excluding hydrogens is 246 g/mol. The van der Waals surface area contributed by atoms with Gasteiger partial charge in [0, 0.05) is 24.4 Å². The highest BCUT2D eigenvalue weighted by molar-refractivity contribution is 7.98. The summed E-state index contributed by atoms with van der Waals surface area (Å²) in [7, 11) is 3.22. The van der Waals surface area contributed by atoms with Crippen molar-refractivity contribution in [2.75, 3.05) is 38.1 Å². The second-order valence-electron chi connectivity index (χ2n) is 3.11. The molecule has 0 unspecified atom stereocenters. The molecule has 0 amide bonds. The van der Waals surface area contributed by atoms with Crippen LogP contribution in [0.5, 0.6) is 11.5 Å². The fourth-order valence-electron chi connectivity index (χ4n) is 1.29. The Morgan fingerprint density at radius 3 is 2.50 bits per heavy atom. The first-order chi connectivity index (χ1) is 7.72. The quantitative estimate of drug-likeness (QED) is 0.797. The van der Waals surface area contributed by atoms with Crippen molar-refractivity contribution in [1.29, 1.82) is 0 Å². The number of nitrogens with one attached hydrogen (secondary N) is 1. The first-order valence-electron chi connectivity index (χ1n) is 4.87. The normalized spacial score (nSPS) is 10.0. The van der Waals surface area contributed by atoms with Crippen molar-refractivity contribution >= 4 is 29.1 Å². The van der Waals surface area contributed by atoms with E-state index in [1.165, 1.54) is 0 Å². The fourth-order valence-corrected chi connectivity index (χ4v) is 1.82. The number of thioether (sulfide) groups is 1. The third kappa shape index (κ3) is 3.39. The molecule has 0 aromatic heterocycles. The first-order valence-corrected chi connectivity index (χ1v) is 6.64. The van der Waals surface area contributed by atoms with Crippen molar-refractivity contribution in [2.45, 2.75) is 0 Å². The molecule has 3 nitrogen and oxygen atoms in total. The predicted molar refractivity (Wildman–Crippen MR) is 71.4 cm³/mol. The Bertz CT molecular complexity index is 347. The number of halogens is 1. The van der Waals surface area contributed by atoms with E-state index >= 15 is 0 Å². The number of anilines is 1. The summed E-state index contributed by atoms with van der Waals surface area (Å²) in [6, 6.07) is 3.60. The minimum Gasteiger partial charge on any atom is -0.495 e. The molecule has 0 saturated heterocycles. The van der Waals surface area contributed by atoms with Crippen LogP contribution in [0.25, 0.3) is 0 Å². The van der Waals surface area contributed by atoms with Gasteiger partial charge in [-0.25, -0.2) is 0 Å². The van der Waals surface area contributed by atoms with Gasteiger partial charge in [-0.05, 0) is 6.26 Å². The molecule has 1 aromatic carbocycles. The molecule has 90 valence electrons. The van der Waals surface area contributed by atoms with Crippen molar-refractivity contribution in [3.8, 4) is 11.5 Å². The SMILES string of the molecule is COc1cc(NCCSC)c(OC)cc1Cl. The predicted octanol–water partition coefficient (Wildman–Crippen LogP) is 3.13. The topological polar surface area (TPSA) is 30.5 Å². The standard InChI is InChI=1S/C11H16ClNO2S/c1-14-10-7-9(13-4-5-16-3)11(15-2)6-8(10)12/h6-7,13H,4-5H2,1-3H3. The lowest BCUT2D eigenvalue weighted by molar-refractivity contribution is 0.405. The Labute approximate surface area is 105 Å². The zero-order valence-corrected chi connectivity index (χ0v) is 11.2. The molecule has 0 aliphatic rings. The van der Waals surface area contributed by atoms with Gasteiger partial charge in [-0.3, -0.25) is 0 Å². The van der Waals surface area contributed by atoms with Gasteiger partial charge in [0.05, 0.1) is 24.9 Å². The highest BCUT2D eigenvalue weighted by Crippen LogP contribution is 2.35. The molecule has 0 spiro atoms. The van der Waals surface area contributed by atoms with Crippen LogP contribution >= 0.6 is 23.4 Å². The molecule has 0 aliphatic heterocycles. The number of ether oxygens (including phenoxy) is 2. The van der Waals surface area contributed by atoms with E-state index in [1.807, 2.05) is 6.07 Å². The average Bonchev–Trinajstić information content (AvgIpc) is 2.30. The van der Waals surface area contributed by atoms with Crippen LogP contribution in [0.4, 0.5) is 5.69 Å². The van der Waals surface area contributed by atoms with Crippen molar-refractivity contribution in [3.63, 3.8) is 0 Å². The van der Waals surface area contributed by atoms with E-state index in [0.717, 1.165) is 23.7 Å². The van der Waals surface area contributed by atoms with E-state index in [1.54, 1.807) is 32.0 Å². The van der Waals surface area contributed by atoms with Crippen LogP contribution in [-0.4, -0.2) is 32.8 Å². The van der Waals surface area contributed by atoms with Crippen molar-refractivity contribution in [1.82, 2.24) is 0 Å². The molecule has 1 rings (SSSR count). The Balaban J connectivity index is 2.86. The van der Waals surface area contributed by atoms with Crippen molar-refractivity contribution in [2.24, 2.45) is 0 Å². The van der Waals surface area contributed by atoms with Gasteiger partial charge in [0.1, 0.15) is 11.5 Å². The Kier molecular flexibility index (Phi) is 5.63. The van der Waals surface area contributed by atoms with Crippen LogP contribution < -0.4 is 14.8 Å². The molecule has 0 heterocycles. The van der Waals surface area contributed by atoms with Gasteiger partial charge in [0.25, 0.3) is 0 Å². The van der Waals surface area contributed by atoms with Gasteiger partial charge in [-0.1, -0.05) is 11.6 Å². The summed E-state index contributed by atoms with van der Waals surface area (Å²) in [4.78, 5) is 0. The average molecular weight is 262 g/mol. The van der Waals surface area contributed by atoms with E-state index in [0.29, 0.717) is 10.8 Å². The number of rotatable bonds is 6. The lowest BCUT2D eigenvalue weighted by atomic mass is 10.2. The first kappa shape index (κ1) is 13.3. The smallest absolute Gasteiger partial charge is 0.143 e. The van der Waals surface area contributed by atoms with Gasteiger partial charge in [-0.2, -0.15) is 11.8 Å². The third-order valence-electron chi connectivity index (χ3n) is 2.10. The summed E-state index contributed by atoms with van der Waals surface area (Å²) in [5.74, 6) is 2.41. The van der Waals surface area contributed by atoms with Crippen LogP contribution in [-0.2, 0) is 0 Å². The molecule has 0 radical (unpaired) electrons. The van der Waals surface area contributed by atoms with E-state index in [-0.39, 0.29) is 0 Å². The lowest BCUT2D eigenvalue weighted by Crippen LogP contribution is -2.05. The van der Waals surface area contributed by atoms with E-state index in [4.69, 9.17) is 21.1 Å². The van der Waals surface area contributed by atoms with E-state index in [9.17, 15) is 0 Å². The largest absolute Gasteiger partial charge is 0.495 e. The maximum atomic E-state index is 6.00. The number of methoxy groups -OCH3 is 2. The molecule has 1 aromatic rings. The molecule has 0 atom stereocenters. The van der Waals surface area contributed by atoms with Gasteiger partial charge in [-0.15, -0.1) is 0 Å².